The third kappa shape index (κ3) is 3.53. The average molecular weight is 356 g/mol. The Hall–Kier alpha value is -3.29. The largest absolute Gasteiger partial charge is 0.449 e. The lowest BCUT2D eigenvalue weighted by atomic mass is 10.2. The number of carbonyl (C=O) groups excluding carboxylic acids is 2. The first kappa shape index (κ1) is 17.5. The van der Waals surface area contributed by atoms with Crippen LogP contribution in [0, 0.1) is 5.82 Å². The van der Waals surface area contributed by atoms with Crippen LogP contribution in [0.2, 0.25) is 0 Å². The van der Waals surface area contributed by atoms with Gasteiger partial charge < -0.3 is 10.1 Å². The van der Waals surface area contributed by atoms with Gasteiger partial charge >= 0.3 is 5.97 Å². The van der Waals surface area contributed by atoms with Crippen LogP contribution in [-0.4, -0.2) is 33.0 Å². The molecule has 134 valence electrons. The number of carbonyl (C=O) groups is 2. The van der Waals surface area contributed by atoms with Crippen molar-refractivity contribution in [1.82, 2.24) is 15.0 Å². The second kappa shape index (κ2) is 7.30. The molecule has 0 saturated carbocycles. The van der Waals surface area contributed by atoms with E-state index in [1.807, 2.05) is 6.92 Å². The minimum Gasteiger partial charge on any atom is -0.449 e. The van der Waals surface area contributed by atoms with Gasteiger partial charge in [0.05, 0.1) is 16.8 Å². The first-order chi connectivity index (χ1) is 12.5. The Bertz CT molecular complexity index is 970. The highest BCUT2D eigenvalue weighted by molar-refractivity contribution is 5.98. The Morgan fingerprint density at radius 3 is 2.77 bits per heavy atom. The molecule has 1 atom stereocenters. The van der Waals surface area contributed by atoms with E-state index in [1.54, 1.807) is 28.9 Å². The number of fused-ring (bicyclic) bond motifs is 1. The lowest BCUT2D eigenvalue weighted by Gasteiger charge is -2.14. The number of anilines is 1. The second-order valence-electron chi connectivity index (χ2n) is 5.63. The van der Waals surface area contributed by atoms with Gasteiger partial charge in [-0.2, -0.15) is 0 Å². The van der Waals surface area contributed by atoms with Gasteiger partial charge in [-0.1, -0.05) is 17.3 Å². The Kier molecular flexibility index (Phi) is 4.92. The fourth-order valence-corrected chi connectivity index (χ4v) is 2.41. The normalized spacial score (nSPS) is 12.0. The van der Waals surface area contributed by atoms with E-state index >= 15 is 0 Å². The van der Waals surface area contributed by atoms with Gasteiger partial charge in [0.15, 0.2) is 6.10 Å². The number of halogens is 1. The van der Waals surface area contributed by atoms with Gasteiger partial charge in [0.1, 0.15) is 11.3 Å². The van der Waals surface area contributed by atoms with Crippen molar-refractivity contribution in [3.8, 4) is 0 Å². The van der Waals surface area contributed by atoms with Crippen molar-refractivity contribution in [2.45, 2.75) is 26.5 Å². The van der Waals surface area contributed by atoms with Crippen LogP contribution in [0.4, 0.5) is 10.1 Å². The summed E-state index contributed by atoms with van der Waals surface area (Å²) in [6.07, 6.45) is -1.09. The molecule has 0 saturated heterocycles. The van der Waals surface area contributed by atoms with Gasteiger partial charge in [0, 0.05) is 6.54 Å². The number of esters is 1. The van der Waals surface area contributed by atoms with Gasteiger partial charge in [0.25, 0.3) is 5.91 Å². The maximum atomic E-state index is 13.6. The topological polar surface area (TPSA) is 86.1 Å². The number of rotatable bonds is 5. The number of nitrogens with zero attached hydrogens (tertiary/aromatic N) is 3. The van der Waals surface area contributed by atoms with Crippen molar-refractivity contribution >= 4 is 28.6 Å². The molecule has 2 aromatic carbocycles. The first-order valence-corrected chi connectivity index (χ1v) is 8.09. The van der Waals surface area contributed by atoms with Gasteiger partial charge in [-0.15, -0.1) is 5.10 Å². The number of hydrogen-bond donors (Lipinski definition) is 1. The molecule has 0 aliphatic heterocycles. The summed E-state index contributed by atoms with van der Waals surface area (Å²) in [5.74, 6) is -1.86. The van der Waals surface area contributed by atoms with Crippen molar-refractivity contribution in [3.63, 3.8) is 0 Å². The van der Waals surface area contributed by atoms with Crippen LogP contribution in [0.25, 0.3) is 11.0 Å². The van der Waals surface area contributed by atoms with Crippen molar-refractivity contribution < 1.29 is 18.7 Å². The highest BCUT2D eigenvalue weighted by Crippen LogP contribution is 2.16. The van der Waals surface area contributed by atoms with Crippen LogP contribution in [0.5, 0.6) is 0 Å². The molecule has 3 rings (SSSR count). The Morgan fingerprint density at radius 1 is 1.27 bits per heavy atom. The number of ether oxygens (including phenoxy) is 1. The molecule has 0 bridgehead atoms. The number of benzene rings is 2. The molecule has 0 fully saturated rings. The Labute approximate surface area is 148 Å². The number of aryl methyl sites for hydroxylation is 1. The second-order valence-corrected chi connectivity index (χ2v) is 5.63. The van der Waals surface area contributed by atoms with E-state index in [1.165, 1.54) is 25.1 Å². The maximum Gasteiger partial charge on any atom is 0.338 e. The van der Waals surface area contributed by atoms with E-state index in [0.717, 1.165) is 5.52 Å². The van der Waals surface area contributed by atoms with E-state index in [4.69, 9.17) is 4.74 Å². The third-order valence-corrected chi connectivity index (χ3v) is 3.83. The summed E-state index contributed by atoms with van der Waals surface area (Å²) >= 11 is 0. The van der Waals surface area contributed by atoms with Crippen LogP contribution < -0.4 is 5.32 Å². The zero-order chi connectivity index (χ0) is 18.7. The summed E-state index contributed by atoms with van der Waals surface area (Å²) in [6.45, 7) is 4.01. The van der Waals surface area contributed by atoms with Gasteiger partial charge in [-0.25, -0.2) is 13.9 Å². The van der Waals surface area contributed by atoms with Crippen LogP contribution in [0.1, 0.15) is 24.2 Å². The molecule has 1 amide bonds. The van der Waals surface area contributed by atoms with Gasteiger partial charge in [0.2, 0.25) is 0 Å². The minimum absolute atomic E-state index is 0.0259. The summed E-state index contributed by atoms with van der Waals surface area (Å²) < 4.78 is 20.5. The predicted octanol–water partition coefficient (Wildman–Crippen LogP) is 2.77. The van der Waals surface area contributed by atoms with Crippen molar-refractivity contribution in [2.75, 3.05) is 5.32 Å². The monoisotopic (exact) mass is 356 g/mol. The molecule has 0 radical (unpaired) electrons. The molecule has 26 heavy (non-hydrogen) atoms. The first-order valence-electron chi connectivity index (χ1n) is 8.09. The molecule has 1 heterocycles. The molecule has 7 nitrogen and oxygen atoms in total. The van der Waals surface area contributed by atoms with E-state index in [0.29, 0.717) is 12.1 Å². The average Bonchev–Trinajstić information content (AvgIpc) is 3.05. The number of aromatic nitrogens is 3. The molecule has 1 N–H and O–H groups in total. The molecular formula is C18H17FN4O3. The Morgan fingerprint density at radius 2 is 2.04 bits per heavy atom. The Balaban J connectivity index is 1.68. The lowest BCUT2D eigenvalue weighted by Crippen LogP contribution is -2.30. The summed E-state index contributed by atoms with van der Waals surface area (Å²) in [5.41, 5.74) is 1.64. The van der Waals surface area contributed by atoms with Gasteiger partial charge in [-0.05, 0) is 44.2 Å². The highest BCUT2D eigenvalue weighted by atomic mass is 19.1. The van der Waals surface area contributed by atoms with E-state index < -0.39 is 23.8 Å². The molecule has 0 aliphatic carbocycles. The van der Waals surface area contributed by atoms with E-state index in [9.17, 15) is 14.0 Å². The standard InChI is InChI=1S/C18H17FN4O3/c1-3-23-16-9-8-12(10-15(16)21-22-23)18(25)26-11(2)17(24)20-14-7-5-4-6-13(14)19/h4-11H,3H2,1-2H3,(H,20,24)/t11-/m1/s1. The quantitative estimate of drug-likeness (QED) is 0.711. The number of hydrogen-bond acceptors (Lipinski definition) is 5. The summed E-state index contributed by atoms with van der Waals surface area (Å²) in [4.78, 5) is 24.4. The zero-order valence-corrected chi connectivity index (χ0v) is 14.3. The van der Waals surface area contributed by atoms with Crippen LogP contribution in [-0.2, 0) is 16.1 Å². The fourth-order valence-electron chi connectivity index (χ4n) is 2.41. The van der Waals surface area contributed by atoms with E-state index in [-0.39, 0.29) is 11.3 Å². The summed E-state index contributed by atoms with van der Waals surface area (Å²) in [6, 6.07) is 10.6. The van der Waals surface area contributed by atoms with Crippen molar-refractivity contribution in [1.29, 1.82) is 0 Å². The van der Waals surface area contributed by atoms with E-state index in [2.05, 4.69) is 15.6 Å². The predicted molar refractivity (Wildman–Crippen MR) is 93.1 cm³/mol. The maximum absolute atomic E-state index is 13.6. The van der Waals surface area contributed by atoms with Crippen LogP contribution in [0.15, 0.2) is 42.5 Å². The SMILES string of the molecule is CCn1nnc2cc(C(=O)O[C@H](C)C(=O)Nc3ccccc3F)ccc21. The summed E-state index contributed by atoms with van der Waals surface area (Å²) in [5, 5.41) is 10.4. The molecule has 8 heteroatoms. The smallest absolute Gasteiger partial charge is 0.338 e. The number of para-hydroxylation sites is 1. The van der Waals surface area contributed by atoms with Crippen LogP contribution >= 0.6 is 0 Å². The minimum atomic E-state index is -1.09. The zero-order valence-electron chi connectivity index (χ0n) is 14.3. The number of nitrogens with one attached hydrogen (secondary N) is 1. The molecule has 0 unspecified atom stereocenters. The van der Waals surface area contributed by atoms with Crippen LogP contribution in [0.3, 0.4) is 0 Å². The lowest BCUT2D eigenvalue weighted by molar-refractivity contribution is -0.123. The van der Waals surface area contributed by atoms with Crippen molar-refractivity contribution in [2.24, 2.45) is 0 Å². The summed E-state index contributed by atoms with van der Waals surface area (Å²) in [7, 11) is 0. The molecule has 0 aliphatic rings. The molecule has 1 aromatic heterocycles. The third-order valence-electron chi connectivity index (χ3n) is 3.83. The van der Waals surface area contributed by atoms with Gasteiger partial charge in [-0.3, -0.25) is 4.79 Å². The molecule has 0 spiro atoms. The molecular weight excluding hydrogens is 339 g/mol. The fraction of sp³-hybridized carbons (Fsp3) is 0.222. The number of amides is 1. The van der Waals surface area contributed by atoms with Crippen molar-refractivity contribution in [3.05, 3.63) is 53.8 Å². The highest BCUT2D eigenvalue weighted by Gasteiger charge is 2.20. The molecule has 3 aromatic rings.